The quantitative estimate of drug-likeness (QED) is 0.761. The molecule has 1 aliphatic rings. The van der Waals surface area contributed by atoms with Crippen LogP contribution in [0.1, 0.15) is 23.2 Å². The van der Waals surface area contributed by atoms with Crippen molar-refractivity contribution in [3.8, 4) is 5.75 Å². The second kappa shape index (κ2) is 6.54. The maximum absolute atomic E-state index is 11.3. The lowest BCUT2D eigenvalue weighted by molar-refractivity contribution is -0.0370. The Hall–Kier alpha value is -1.59. The Bertz CT molecular complexity index is 418. The van der Waals surface area contributed by atoms with Gasteiger partial charge in [-0.2, -0.15) is 0 Å². The molecule has 19 heavy (non-hydrogen) atoms. The summed E-state index contributed by atoms with van der Waals surface area (Å²) in [7, 11) is 3.08. The summed E-state index contributed by atoms with van der Waals surface area (Å²) >= 11 is 0. The molecular formula is C14H19NO4. The van der Waals surface area contributed by atoms with Gasteiger partial charge in [-0.15, -0.1) is 0 Å². The third kappa shape index (κ3) is 3.45. The van der Waals surface area contributed by atoms with Gasteiger partial charge in [-0.25, -0.2) is 9.69 Å². The molecule has 0 N–H and O–H groups in total. The zero-order valence-electron chi connectivity index (χ0n) is 11.3. The summed E-state index contributed by atoms with van der Waals surface area (Å²) in [5.41, 5.74) is 0.519. The summed E-state index contributed by atoms with van der Waals surface area (Å²) in [6, 6.07) is 6.92. The van der Waals surface area contributed by atoms with Gasteiger partial charge < -0.3 is 14.2 Å². The van der Waals surface area contributed by atoms with Gasteiger partial charge in [-0.05, 0) is 37.1 Å². The van der Waals surface area contributed by atoms with Crippen LogP contribution in [0.4, 0.5) is 0 Å². The van der Waals surface area contributed by atoms with Gasteiger partial charge in [0.25, 0.3) is 0 Å². The minimum absolute atomic E-state index is 0.148. The predicted octanol–water partition coefficient (Wildman–Crippen LogP) is 1.88. The smallest absolute Gasteiger partial charge is 0.337 e. The van der Waals surface area contributed by atoms with Crippen LogP contribution in [-0.2, 0) is 9.47 Å². The second-order valence-corrected chi connectivity index (χ2v) is 4.43. The first-order chi connectivity index (χ1) is 9.24. The van der Waals surface area contributed by atoms with Crippen molar-refractivity contribution in [3.05, 3.63) is 29.8 Å². The average Bonchev–Trinajstić information content (AvgIpc) is 2.92. The fourth-order valence-corrected chi connectivity index (χ4v) is 2.17. The maximum atomic E-state index is 11.3. The van der Waals surface area contributed by atoms with E-state index in [0.717, 1.165) is 25.1 Å². The number of hydrogen-bond acceptors (Lipinski definition) is 5. The third-order valence-electron chi connectivity index (χ3n) is 3.25. The van der Waals surface area contributed by atoms with E-state index in [1.54, 1.807) is 31.4 Å². The summed E-state index contributed by atoms with van der Waals surface area (Å²) in [6.07, 6.45) is 2.32. The molecule has 1 aromatic rings. The highest BCUT2D eigenvalue weighted by atomic mass is 16.5. The predicted molar refractivity (Wildman–Crippen MR) is 70.0 cm³/mol. The van der Waals surface area contributed by atoms with E-state index in [-0.39, 0.29) is 12.2 Å². The molecule has 0 aliphatic carbocycles. The molecule has 0 radical (unpaired) electrons. The molecule has 0 aromatic heterocycles. The summed E-state index contributed by atoms with van der Waals surface area (Å²) in [5.74, 6) is 0.389. The molecular weight excluding hydrogens is 246 g/mol. The first-order valence-corrected chi connectivity index (χ1v) is 6.32. The molecule has 1 fully saturated rings. The minimum Gasteiger partial charge on any atom is -0.478 e. The molecule has 5 nitrogen and oxygen atoms in total. The molecule has 1 heterocycles. The Morgan fingerprint density at radius 3 is 2.68 bits per heavy atom. The average molecular weight is 265 g/mol. The number of likely N-dealkylation sites (tertiary alicyclic amines) is 1. The SMILES string of the molecule is COC(=O)c1ccc(OCN2CCCC2OC)cc1. The van der Waals surface area contributed by atoms with Crippen molar-refractivity contribution in [2.24, 2.45) is 0 Å². The molecule has 1 atom stereocenters. The molecule has 5 heteroatoms. The number of ether oxygens (including phenoxy) is 3. The second-order valence-electron chi connectivity index (χ2n) is 4.43. The molecule has 1 unspecified atom stereocenters. The van der Waals surface area contributed by atoms with Crippen LogP contribution in [-0.4, -0.2) is 44.6 Å². The zero-order chi connectivity index (χ0) is 13.7. The van der Waals surface area contributed by atoms with E-state index in [0.29, 0.717) is 12.3 Å². The van der Waals surface area contributed by atoms with Gasteiger partial charge in [0.1, 0.15) is 18.7 Å². The van der Waals surface area contributed by atoms with Crippen molar-refractivity contribution in [2.45, 2.75) is 19.1 Å². The van der Waals surface area contributed by atoms with Crippen LogP contribution in [0.15, 0.2) is 24.3 Å². The molecule has 104 valence electrons. The van der Waals surface area contributed by atoms with Gasteiger partial charge in [0, 0.05) is 13.7 Å². The van der Waals surface area contributed by atoms with Crippen LogP contribution in [0.2, 0.25) is 0 Å². The number of benzene rings is 1. The summed E-state index contributed by atoms with van der Waals surface area (Å²) in [6.45, 7) is 1.48. The van der Waals surface area contributed by atoms with Gasteiger partial charge in [-0.1, -0.05) is 0 Å². The van der Waals surface area contributed by atoms with Crippen molar-refractivity contribution < 1.29 is 19.0 Å². The van der Waals surface area contributed by atoms with E-state index in [1.807, 2.05) is 0 Å². The molecule has 1 aliphatic heterocycles. The van der Waals surface area contributed by atoms with Crippen LogP contribution in [0.3, 0.4) is 0 Å². The van der Waals surface area contributed by atoms with E-state index in [2.05, 4.69) is 9.64 Å². The van der Waals surface area contributed by atoms with Gasteiger partial charge >= 0.3 is 5.97 Å². The molecule has 2 rings (SSSR count). The molecule has 0 bridgehead atoms. The lowest BCUT2D eigenvalue weighted by atomic mass is 10.2. The number of esters is 1. The fraction of sp³-hybridized carbons (Fsp3) is 0.500. The first-order valence-electron chi connectivity index (χ1n) is 6.32. The van der Waals surface area contributed by atoms with Gasteiger partial charge in [0.2, 0.25) is 0 Å². The van der Waals surface area contributed by atoms with Crippen molar-refractivity contribution in [1.29, 1.82) is 0 Å². The number of hydrogen-bond donors (Lipinski definition) is 0. The lowest BCUT2D eigenvalue weighted by Crippen LogP contribution is -2.34. The highest BCUT2D eigenvalue weighted by Gasteiger charge is 2.24. The van der Waals surface area contributed by atoms with E-state index in [4.69, 9.17) is 9.47 Å². The number of carbonyl (C=O) groups is 1. The van der Waals surface area contributed by atoms with E-state index < -0.39 is 0 Å². The molecule has 1 aromatic carbocycles. The zero-order valence-corrected chi connectivity index (χ0v) is 11.3. The van der Waals surface area contributed by atoms with Gasteiger partial charge in [0.05, 0.1) is 12.7 Å². The van der Waals surface area contributed by atoms with Gasteiger partial charge in [-0.3, -0.25) is 0 Å². The van der Waals surface area contributed by atoms with Crippen LogP contribution < -0.4 is 4.74 Å². The number of methoxy groups -OCH3 is 2. The van der Waals surface area contributed by atoms with E-state index >= 15 is 0 Å². The van der Waals surface area contributed by atoms with Crippen molar-refractivity contribution in [3.63, 3.8) is 0 Å². The molecule has 0 spiro atoms. The Balaban J connectivity index is 1.88. The third-order valence-corrected chi connectivity index (χ3v) is 3.25. The van der Waals surface area contributed by atoms with Crippen molar-refractivity contribution in [2.75, 3.05) is 27.5 Å². The Kier molecular flexibility index (Phi) is 4.76. The topological polar surface area (TPSA) is 48.0 Å². The summed E-state index contributed by atoms with van der Waals surface area (Å²) < 4.78 is 15.7. The van der Waals surface area contributed by atoms with Crippen LogP contribution in [0.25, 0.3) is 0 Å². The standard InChI is InChI=1S/C14H19NO4/c1-17-13-4-3-9-15(13)10-19-12-7-5-11(6-8-12)14(16)18-2/h5-8,13H,3-4,9-10H2,1-2H3. The lowest BCUT2D eigenvalue weighted by Gasteiger charge is -2.22. The number of nitrogens with zero attached hydrogens (tertiary/aromatic N) is 1. The molecule has 0 amide bonds. The summed E-state index contributed by atoms with van der Waals surface area (Å²) in [5, 5.41) is 0. The van der Waals surface area contributed by atoms with Crippen LogP contribution >= 0.6 is 0 Å². The Morgan fingerprint density at radius 2 is 2.05 bits per heavy atom. The molecule has 0 saturated carbocycles. The number of rotatable bonds is 5. The Labute approximate surface area is 113 Å². The van der Waals surface area contributed by atoms with E-state index in [9.17, 15) is 4.79 Å². The maximum Gasteiger partial charge on any atom is 0.337 e. The highest BCUT2D eigenvalue weighted by Crippen LogP contribution is 2.19. The van der Waals surface area contributed by atoms with Crippen molar-refractivity contribution in [1.82, 2.24) is 4.90 Å². The highest BCUT2D eigenvalue weighted by molar-refractivity contribution is 5.89. The van der Waals surface area contributed by atoms with Crippen LogP contribution in [0.5, 0.6) is 5.75 Å². The Morgan fingerprint density at radius 1 is 1.32 bits per heavy atom. The van der Waals surface area contributed by atoms with E-state index in [1.165, 1.54) is 7.11 Å². The summed E-state index contributed by atoms with van der Waals surface area (Å²) in [4.78, 5) is 13.4. The van der Waals surface area contributed by atoms with Crippen molar-refractivity contribution >= 4 is 5.97 Å². The largest absolute Gasteiger partial charge is 0.478 e. The van der Waals surface area contributed by atoms with Crippen LogP contribution in [0, 0.1) is 0 Å². The number of carbonyl (C=O) groups excluding carboxylic acids is 1. The minimum atomic E-state index is -0.342. The normalized spacial score (nSPS) is 19.4. The molecule has 1 saturated heterocycles. The first kappa shape index (κ1) is 13.8. The monoisotopic (exact) mass is 265 g/mol. The fourth-order valence-electron chi connectivity index (χ4n) is 2.17. The van der Waals surface area contributed by atoms with Gasteiger partial charge in [0.15, 0.2) is 0 Å².